The summed E-state index contributed by atoms with van der Waals surface area (Å²) in [6.07, 6.45) is 3.08. The standard InChI is InChI=1S/C10H8FN5S/c11-7-1-2-9-14-10(15-16(9)5-7)13-4-8-3-12-6-17-8/h1-3,5-6H,4H2,(H,13,15). The minimum absolute atomic E-state index is 0.337. The maximum atomic E-state index is 12.9. The number of pyridine rings is 1. The summed E-state index contributed by atoms with van der Waals surface area (Å²) in [5.41, 5.74) is 2.38. The number of anilines is 1. The molecule has 0 atom stereocenters. The van der Waals surface area contributed by atoms with Gasteiger partial charge in [-0.05, 0) is 12.1 Å². The molecule has 0 bridgehead atoms. The predicted molar refractivity (Wildman–Crippen MR) is 62.4 cm³/mol. The third-order valence-electron chi connectivity index (χ3n) is 2.20. The third-order valence-corrected chi connectivity index (χ3v) is 2.98. The molecular formula is C10H8FN5S. The zero-order valence-electron chi connectivity index (χ0n) is 8.67. The molecule has 86 valence electrons. The molecule has 0 aliphatic carbocycles. The van der Waals surface area contributed by atoms with Gasteiger partial charge in [0.1, 0.15) is 5.82 Å². The molecular weight excluding hydrogens is 241 g/mol. The van der Waals surface area contributed by atoms with E-state index in [0.717, 1.165) is 4.88 Å². The van der Waals surface area contributed by atoms with Crippen LogP contribution >= 0.6 is 11.3 Å². The molecule has 7 heteroatoms. The summed E-state index contributed by atoms with van der Waals surface area (Å²) in [6.45, 7) is 0.615. The number of halogens is 1. The molecule has 0 aromatic carbocycles. The van der Waals surface area contributed by atoms with Gasteiger partial charge in [-0.1, -0.05) is 0 Å². The monoisotopic (exact) mass is 249 g/mol. The van der Waals surface area contributed by atoms with Gasteiger partial charge in [-0.15, -0.1) is 16.4 Å². The summed E-state index contributed by atoms with van der Waals surface area (Å²) in [5.74, 6) is 0.139. The van der Waals surface area contributed by atoms with Gasteiger partial charge in [0.15, 0.2) is 5.65 Å². The van der Waals surface area contributed by atoms with E-state index in [1.54, 1.807) is 29.1 Å². The first-order valence-electron chi connectivity index (χ1n) is 4.94. The number of rotatable bonds is 3. The highest BCUT2D eigenvalue weighted by atomic mass is 32.1. The second kappa shape index (κ2) is 4.10. The van der Waals surface area contributed by atoms with Gasteiger partial charge >= 0.3 is 0 Å². The van der Waals surface area contributed by atoms with E-state index in [4.69, 9.17) is 0 Å². The Hall–Kier alpha value is -2.02. The summed E-state index contributed by atoms with van der Waals surface area (Å²) >= 11 is 1.56. The molecule has 3 aromatic rings. The van der Waals surface area contributed by atoms with Crippen molar-refractivity contribution in [3.05, 3.63) is 40.7 Å². The predicted octanol–water partition coefficient (Wildman–Crippen LogP) is 1.94. The average Bonchev–Trinajstić information content (AvgIpc) is 2.94. The Balaban J connectivity index is 1.81. The second-order valence-corrected chi connectivity index (χ2v) is 4.38. The molecule has 0 radical (unpaired) electrons. The Morgan fingerprint density at radius 2 is 2.35 bits per heavy atom. The van der Waals surface area contributed by atoms with Crippen LogP contribution in [-0.4, -0.2) is 19.6 Å². The Morgan fingerprint density at radius 1 is 1.41 bits per heavy atom. The lowest BCUT2D eigenvalue weighted by Gasteiger charge is -1.96. The van der Waals surface area contributed by atoms with Gasteiger partial charge in [0.25, 0.3) is 0 Å². The minimum atomic E-state index is -0.337. The fraction of sp³-hybridized carbons (Fsp3) is 0.100. The van der Waals surface area contributed by atoms with E-state index in [9.17, 15) is 4.39 Å². The molecule has 0 aliphatic heterocycles. The first-order valence-corrected chi connectivity index (χ1v) is 5.82. The SMILES string of the molecule is Fc1ccc2nc(NCc3cncs3)nn2c1. The number of nitrogens with one attached hydrogen (secondary N) is 1. The number of fused-ring (bicyclic) bond motifs is 1. The molecule has 0 unspecified atom stereocenters. The smallest absolute Gasteiger partial charge is 0.243 e. The summed E-state index contributed by atoms with van der Waals surface area (Å²) < 4.78 is 14.3. The molecule has 3 aromatic heterocycles. The summed E-state index contributed by atoms with van der Waals surface area (Å²) in [5, 5.41) is 7.17. The van der Waals surface area contributed by atoms with Crippen molar-refractivity contribution >= 4 is 22.9 Å². The van der Waals surface area contributed by atoms with Crippen molar-refractivity contribution in [3.63, 3.8) is 0 Å². The van der Waals surface area contributed by atoms with E-state index >= 15 is 0 Å². The summed E-state index contributed by atoms with van der Waals surface area (Å²) in [4.78, 5) is 9.28. The Labute approximate surface area is 100.0 Å². The van der Waals surface area contributed by atoms with Crippen LogP contribution in [0.25, 0.3) is 5.65 Å². The molecule has 0 aliphatic rings. The van der Waals surface area contributed by atoms with E-state index in [1.807, 2.05) is 0 Å². The van der Waals surface area contributed by atoms with Crippen LogP contribution in [0.3, 0.4) is 0 Å². The van der Waals surface area contributed by atoms with Crippen LogP contribution in [0.5, 0.6) is 0 Å². The maximum absolute atomic E-state index is 12.9. The zero-order valence-corrected chi connectivity index (χ0v) is 9.49. The number of hydrogen-bond donors (Lipinski definition) is 1. The van der Waals surface area contributed by atoms with Crippen LogP contribution in [0.2, 0.25) is 0 Å². The maximum Gasteiger partial charge on any atom is 0.243 e. The molecule has 0 fully saturated rings. The van der Waals surface area contributed by atoms with E-state index in [2.05, 4.69) is 20.4 Å². The van der Waals surface area contributed by atoms with Crippen molar-refractivity contribution in [2.24, 2.45) is 0 Å². The molecule has 1 N–H and O–H groups in total. The third kappa shape index (κ3) is 2.09. The normalized spacial score (nSPS) is 10.9. The first-order chi connectivity index (χ1) is 8.31. The highest BCUT2D eigenvalue weighted by Crippen LogP contribution is 2.10. The van der Waals surface area contributed by atoms with Gasteiger partial charge in [0.2, 0.25) is 5.95 Å². The lowest BCUT2D eigenvalue weighted by molar-refractivity contribution is 0.615. The largest absolute Gasteiger partial charge is 0.348 e. The lowest BCUT2D eigenvalue weighted by Crippen LogP contribution is -1.99. The summed E-state index contributed by atoms with van der Waals surface area (Å²) in [6, 6.07) is 2.94. The van der Waals surface area contributed by atoms with Crippen LogP contribution in [0.4, 0.5) is 10.3 Å². The van der Waals surface area contributed by atoms with Crippen LogP contribution < -0.4 is 5.32 Å². The minimum Gasteiger partial charge on any atom is -0.348 e. The van der Waals surface area contributed by atoms with Crippen LogP contribution in [0.15, 0.2) is 30.0 Å². The molecule has 0 saturated heterocycles. The zero-order chi connectivity index (χ0) is 11.7. The quantitative estimate of drug-likeness (QED) is 0.770. The molecule has 3 heterocycles. The van der Waals surface area contributed by atoms with Crippen LogP contribution in [-0.2, 0) is 6.54 Å². The second-order valence-electron chi connectivity index (χ2n) is 3.41. The van der Waals surface area contributed by atoms with Gasteiger partial charge in [-0.25, -0.2) is 8.91 Å². The highest BCUT2D eigenvalue weighted by molar-refractivity contribution is 7.09. The topological polar surface area (TPSA) is 55.1 Å². The highest BCUT2D eigenvalue weighted by Gasteiger charge is 2.04. The van der Waals surface area contributed by atoms with Crippen molar-refractivity contribution < 1.29 is 4.39 Å². The number of aromatic nitrogens is 4. The molecule has 5 nitrogen and oxygen atoms in total. The van der Waals surface area contributed by atoms with Crippen molar-refractivity contribution in [1.29, 1.82) is 0 Å². The molecule has 0 amide bonds. The number of thiazole rings is 1. The van der Waals surface area contributed by atoms with Gasteiger partial charge in [-0.3, -0.25) is 4.98 Å². The van der Waals surface area contributed by atoms with Crippen LogP contribution in [0.1, 0.15) is 4.88 Å². The molecule has 0 saturated carbocycles. The Morgan fingerprint density at radius 3 is 3.18 bits per heavy atom. The van der Waals surface area contributed by atoms with E-state index in [-0.39, 0.29) is 5.82 Å². The van der Waals surface area contributed by atoms with Gasteiger partial charge in [-0.2, -0.15) is 4.98 Å². The van der Waals surface area contributed by atoms with Gasteiger partial charge < -0.3 is 5.32 Å². The van der Waals surface area contributed by atoms with Gasteiger partial charge in [0.05, 0.1) is 18.3 Å². The molecule has 3 rings (SSSR count). The first kappa shape index (κ1) is 10.2. The van der Waals surface area contributed by atoms with E-state index in [0.29, 0.717) is 18.1 Å². The summed E-state index contributed by atoms with van der Waals surface area (Å²) in [7, 11) is 0. The molecule has 0 spiro atoms. The average molecular weight is 249 g/mol. The Bertz CT molecular complexity index is 633. The lowest BCUT2D eigenvalue weighted by atomic mass is 10.5. The fourth-order valence-corrected chi connectivity index (χ4v) is 1.96. The number of nitrogens with zero attached hydrogens (tertiary/aromatic N) is 4. The van der Waals surface area contributed by atoms with Crippen molar-refractivity contribution in [2.45, 2.75) is 6.54 Å². The van der Waals surface area contributed by atoms with Crippen LogP contribution in [0, 0.1) is 5.82 Å². The van der Waals surface area contributed by atoms with Crippen molar-refractivity contribution in [2.75, 3.05) is 5.32 Å². The van der Waals surface area contributed by atoms with E-state index in [1.165, 1.54) is 16.8 Å². The number of hydrogen-bond acceptors (Lipinski definition) is 5. The fourth-order valence-electron chi connectivity index (χ4n) is 1.43. The Kier molecular flexibility index (Phi) is 2.45. The molecule has 17 heavy (non-hydrogen) atoms. The van der Waals surface area contributed by atoms with Crippen molar-refractivity contribution in [3.8, 4) is 0 Å². The van der Waals surface area contributed by atoms with Gasteiger partial charge in [0, 0.05) is 11.1 Å². The van der Waals surface area contributed by atoms with E-state index < -0.39 is 0 Å². The van der Waals surface area contributed by atoms with Crippen molar-refractivity contribution in [1.82, 2.24) is 19.6 Å².